The number of rotatable bonds is 11. The Balaban J connectivity index is 1.55. The Kier molecular flexibility index (Phi) is 6.62. The maximum atomic E-state index is 12.6. The lowest BCUT2D eigenvalue weighted by Crippen LogP contribution is -2.51. The highest BCUT2D eigenvalue weighted by atomic mass is 32.2. The smallest absolute Gasteiger partial charge is 0.227 e. The summed E-state index contributed by atoms with van der Waals surface area (Å²) in [6, 6.07) is 0. The molecule has 4 bridgehead atoms. The molecular weight excluding hydrogens is 398 g/mol. The summed E-state index contributed by atoms with van der Waals surface area (Å²) in [6.07, 6.45) is 12.0. The lowest BCUT2D eigenvalue weighted by atomic mass is 9.49. The quantitative estimate of drug-likeness (QED) is 0.574. The van der Waals surface area contributed by atoms with Gasteiger partial charge in [0.25, 0.3) is 0 Å². The van der Waals surface area contributed by atoms with Gasteiger partial charge in [-0.1, -0.05) is 20.3 Å². The van der Waals surface area contributed by atoms with Crippen LogP contribution in [0, 0.1) is 23.2 Å². The maximum absolute atomic E-state index is 12.6. The molecule has 1 heterocycles. The number of hydrogen-bond acceptors (Lipinski definition) is 5. The van der Waals surface area contributed by atoms with Crippen LogP contribution in [-0.2, 0) is 22.9 Å². The fourth-order valence-corrected chi connectivity index (χ4v) is 8.01. The molecule has 1 aromatic rings. The van der Waals surface area contributed by atoms with Gasteiger partial charge >= 0.3 is 0 Å². The maximum Gasteiger partial charge on any atom is 0.227 e. The van der Waals surface area contributed by atoms with Gasteiger partial charge in [-0.15, -0.1) is 0 Å². The number of imidazole rings is 1. The summed E-state index contributed by atoms with van der Waals surface area (Å²) in [5.41, 5.74) is 1.37. The van der Waals surface area contributed by atoms with E-state index in [4.69, 9.17) is 0 Å². The minimum Gasteiger partial charge on any atom is -0.395 e. The summed E-state index contributed by atoms with van der Waals surface area (Å²) >= 11 is 0. The molecule has 30 heavy (non-hydrogen) atoms. The molecule has 0 aliphatic heterocycles. The van der Waals surface area contributed by atoms with Gasteiger partial charge in [0, 0.05) is 26.2 Å². The van der Waals surface area contributed by atoms with Gasteiger partial charge in [-0.25, -0.2) is 13.4 Å². The van der Waals surface area contributed by atoms with Gasteiger partial charge in [-0.2, -0.15) is 0 Å². The van der Waals surface area contributed by atoms with E-state index < -0.39 is 9.84 Å². The third-order valence-electron chi connectivity index (χ3n) is 7.82. The Labute approximate surface area is 182 Å². The highest BCUT2D eigenvalue weighted by Gasteiger charge is 2.51. The Morgan fingerprint density at radius 2 is 1.80 bits per heavy atom. The molecule has 1 N–H and O–H groups in total. The number of unbranched alkanes of at least 4 members (excludes halogenated alkanes) is 1. The Bertz CT molecular complexity index is 797. The summed E-state index contributed by atoms with van der Waals surface area (Å²) < 4.78 is 27.1. The van der Waals surface area contributed by atoms with Crippen LogP contribution in [0.1, 0.15) is 70.9 Å². The van der Waals surface area contributed by atoms with Gasteiger partial charge in [0.1, 0.15) is 0 Å². The number of aromatic nitrogens is 2. The van der Waals surface area contributed by atoms with Gasteiger partial charge in [-0.3, -0.25) is 4.90 Å². The molecule has 4 fully saturated rings. The standard InChI is InChI=1S/C23H39N3O3S/c1-3-5-6-26-21(15-24-22(26)30(28,29)4-2)16-25(7-8-27)17-23-12-18-9-19(13-23)11-20(10-18)14-23/h15,18-20,27H,3-14,16-17H2,1-2H3. The van der Waals surface area contributed by atoms with Crippen LogP contribution in [-0.4, -0.2) is 53.4 Å². The molecule has 0 aromatic carbocycles. The summed E-state index contributed by atoms with van der Waals surface area (Å²) in [5.74, 6) is 2.79. The van der Waals surface area contributed by atoms with Crippen molar-refractivity contribution in [3.63, 3.8) is 0 Å². The zero-order chi connectivity index (χ0) is 21.4. The van der Waals surface area contributed by atoms with Crippen LogP contribution in [0.25, 0.3) is 0 Å². The second kappa shape index (κ2) is 8.91. The fraction of sp³-hybridized carbons (Fsp3) is 0.870. The van der Waals surface area contributed by atoms with E-state index in [1.165, 1.54) is 38.5 Å². The second-order valence-electron chi connectivity index (χ2n) is 10.3. The van der Waals surface area contributed by atoms with Crippen molar-refractivity contribution in [2.45, 2.75) is 83.5 Å². The van der Waals surface area contributed by atoms with Gasteiger partial charge in [0.15, 0.2) is 0 Å². The van der Waals surface area contributed by atoms with E-state index in [0.717, 1.165) is 42.8 Å². The first-order valence-electron chi connectivity index (χ1n) is 12.0. The second-order valence-corrected chi connectivity index (χ2v) is 12.5. The zero-order valence-corrected chi connectivity index (χ0v) is 19.5. The van der Waals surface area contributed by atoms with Crippen LogP contribution < -0.4 is 0 Å². The molecule has 7 heteroatoms. The monoisotopic (exact) mass is 437 g/mol. The molecule has 0 spiro atoms. The first-order valence-corrected chi connectivity index (χ1v) is 13.6. The summed E-state index contributed by atoms with van der Waals surface area (Å²) in [6.45, 7) is 6.94. The Hall–Kier alpha value is -0.920. The Morgan fingerprint density at radius 1 is 1.17 bits per heavy atom. The predicted molar refractivity (Wildman–Crippen MR) is 118 cm³/mol. The average molecular weight is 438 g/mol. The van der Waals surface area contributed by atoms with Crippen LogP contribution in [0.3, 0.4) is 0 Å². The first kappa shape index (κ1) is 22.3. The van der Waals surface area contributed by atoms with Gasteiger partial charge in [0.2, 0.25) is 15.0 Å². The van der Waals surface area contributed by atoms with E-state index in [0.29, 0.717) is 25.0 Å². The van der Waals surface area contributed by atoms with E-state index in [-0.39, 0.29) is 17.5 Å². The SMILES string of the molecule is CCCCn1c(CN(CCO)CC23CC4CC(CC(C4)C2)C3)cnc1S(=O)(=O)CC. The minimum absolute atomic E-state index is 0.0726. The lowest BCUT2D eigenvalue weighted by Gasteiger charge is -2.58. The topological polar surface area (TPSA) is 75.4 Å². The van der Waals surface area contributed by atoms with E-state index in [1.54, 1.807) is 13.1 Å². The number of sulfone groups is 1. The van der Waals surface area contributed by atoms with Crippen molar-refractivity contribution in [2.24, 2.45) is 23.2 Å². The van der Waals surface area contributed by atoms with Gasteiger partial charge in [-0.05, 0) is 68.1 Å². The van der Waals surface area contributed by atoms with Crippen LogP contribution in [0.2, 0.25) is 0 Å². The number of aliphatic hydroxyl groups is 1. The third kappa shape index (κ3) is 4.49. The number of hydrogen-bond donors (Lipinski definition) is 1. The lowest BCUT2D eigenvalue weighted by molar-refractivity contribution is -0.0716. The third-order valence-corrected chi connectivity index (χ3v) is 9.46. The summed E-state index contributed by atoms with van der Waals surface area (Å²) in [4.78, 5) is 6.71. The van der Waals surface area contributed by atoms with E-state index >= 15 is 0 Å². The molecule has 4 aliphatic rings. The van der Waals surface area contributed by atoms with E-state index in [1.807, 2.05) is 4.57 Å². The van der Waals surface area contributed by atoms with Gasteiger partial charge < -0.3 is 9.67 Å². The molecule has 6 nitrogen and oxygen atoms in total. The van der Waals surface area contributed by atoms with Crippen molar-refractivity contribution in [1.29, 1.82) is 0 Å². The van der Waals surface area contributed by atoms with Crippen molar-refractivity contribution in [3.8, 4) is 0 Å². The molecule has 170 valence electrons. The molecule has 5 rings (SSSR count). The molecule has 0 atom stereocenters. The highest BCUT2D eigenvalue weighted by molar-refractivity contribution is 7.91. The molecule has 0 radical (unpaired) electrons. The number of aliphatic hydroxyl groups excluding tert-OH is 1. The molecular formula is C23H39N3O3S. The van der Waals surface area contributed by atoms with Crippen molar-refractivity contribution < 1.29 is 13.5 Å². The normalized spacial score (nSPS) is 30.5. The molecule has 4 saturated carbocycles. The zero-order valence-electron chi connectivity index (χ0n) is 18.7. The van der Waals surface area contributed by atoms with E-state index in [9.17, 15) is 13.5 Å². The van der Waals surface area contributed by atoms with E-state index in [2.05, 4.69) is 16.8 Å². The van der Waals surface area contributed by atoms with Gasteiger partial charge in [0.05, 0.1) is 24.3 Å². The summed E-state index contributed by atoms with van der Waals surface area (Å²) in [5, 5.41) is 9.97. The first-order chi connectivity index (χ1) is 14.4. The molecule has 4 aliphatic carbocycles. The highest BCUT2D eigenvalue weighted by Crippen LogP contribution is 2.60. The van der Waals surface area contributed by atoms with Crippen molar-refractivity contribution in [1.82, 2.24) is 14.5 Å². The van der Waals surface area contributed by atoms with Crippen LogP contribution in [0.15, 0.2) is 11.4 Å². The van der Waals surface area contributed by atoms with Crippen molar-refractivity contribution in [2.75, 3.05) is 25.4 Å². The van der Waals surface area contributed by atoms with Crippen LogP contribution in [0.5, 0.6) is 0 Å². The fourth-order valence-electron chi connectivity index (χ4n) is 6.99. The summed E-state index contributed by atoms with van der Waals surface area (Å²) in [7, 11) is -3.35. The largest absolute Gasteiger partial charge is 0.395 e. The molecule has 0 saturated heterocycles. The Morgan fingerprint density at radius 3 is 2.33 bits per heavy atom. The minimum atomic E-state index is -3.35. The predicted octanol–water partition coefficient (Wildman–Crippen LogP) is 3.49. The van der Waals surface area contributed by atoms with Crippen molar-refractivity contribution in [3.05, 3.63) is 11.9 Å². The molecule has 0 unspecified atom stereocenters. The van der Waals surface area contributed by atoms with Crippen LogP contribution >= 0.6 is 0 Å². The average Bonchev–Trinajstić information content (AvgIpc) is 3.08. The molecule has 0 amide bonds. The van der Waals surface area contributed by atoms with Crippen LogP contribution in [0.4, 0.5) is 0 Å². The van der Waals surface area contributed by atoms with Crippen molar-refractivity contribution >= 4 is 9.84 Å². The number of nitrogens with zero attached hydrogens (tertiary/aromatic N) is 3. The molecule has 1 aromatic heterocycles.